The molecule has 0 aromatic carbocycles. The normalized spacial score (nSPS) is 10.9. The van der Waals surface area contributed by atoms with Gasteiger partial charge in [0.1, 0.15) is 17.4 Å². The molecule has 1 amide bonds. The van der Waals surface area contributed by atoms with Crippen molar-refractivity contribution in [1.82, 2.24) is 10.3 Å². The third-order valence-corrected chi connectivity index (χ3v) is 3.52. The summed E-state index contributed by atoms with van der Waals surface area (Å²) in [5.41, 5.74) is 0.148. The molecule has 5 nitrogen and oxygen atoms in total. The van der Waals surface area contributed by atoms with Crippen molar-refractivity contribution in [2.75, 3.05) is 13.2 Å². The number of thioether (sulfide) groups is 1. The van der Waals surface area contributed by atoms with Crippen LogP contribution in [0.4, 0.5) is 8.78 Å². The summed E-state index contributed by atoms with van der Waals surface area (Å²) in [6, 6.07) is 6.60. The summed E-state index contributed by atoms with van der Waals surface area (Å²) in [5.74, 6) is -2.31. The number of carbonyl (C=O) groups excluding carboxylic acids is 1. The lowest BCUT2D eigenvalue weighted by atomic mass is 10.2. The number of pyridine rings is 1. The number of amides is 1. The van der Waals surface area contributed by atoms with E-state index >= 15 is 0 Å². The van der Waals surface area contributed by atoms with E-state index < -0.39 is 11.7 Å². The van der Waals surface area contributed by atoms with Gasteiger partial charge in [-0.05, 0) is 42.4 Å². The van der Waals surface area contributed by atoms with Gasteiger partial charge < -0.3 is 14.5 Å². The number of alkyl halides is 2. The van der Waals surface area contributed by atoms with Crippen molar-refractivity contribution in [1.29, 1.82) is 0 Å². The van der Waals surface area contributed by atoms with E-state index in [1.165, 1.54) is 18.3 Å². The fourth-order valence-electron chi connectivity index (χ4n) is 1.78. The van der Waals surface area contributed by atoms with Crippen LogP contribution in [0.1, 0.15) is 22.5 Å². The second-order valence-corrected chi connectivity index (χ2v) is 5.45. The summed E-state index contributed by atoms with van der Waals surface area (Å²) in [6.45, 7) is 1.20. The number of ether oxygens (including phenoxy) is 1. The summed E-state index contributed by atoms with van der Waals surface area (Å²) >= 11 is 0.259. The van der Waals surface area contributed by atoms with E-state index in [1.54, 1.807) is 12.3 Å². The molecular weight excluding hydrogens is 326 g/mol. The Morgan fingerprint density at radius 3 is 3.00 bits per heavy atom. The summed E-state index contributed by atoms with van der Waals surface area (Å²) in [7, 11) is 0. The first kappa shape index (κ1) is 17.4. The van der Waals surface area contributed by atoms with Gasteiger partial charge in [-0.1, -0.05) is 0 Å². The van der Waals surface area contributed by atoms with E-state index in [2.05, 4.69) is 10.3 Å². The Bertz CT molecular complexity index is 609. The highest BCUT2D eigenvalue weighted by Gasteiger charge is 2.16. The lowest BCUT2D eigenvalue weighted by Gasteiger charge is -2.08. The van der Waals surface area contributed by atoms with Gasteiger partial charge in [0.2, 0.25) is 0 Å². The van der Waals surface area contributed by atoms with E-state index in [0.717, 1.165) is 5.76 Å². The van der Waals surface area contributed by atoms with Crippen molar-refractivity contribution in [3.05, 3.63) is 48.0 Å². The molecule has 2 aromatic rings. The largest absolute Gasteiger partial charge is 0.467 e. The minimum absolute atomic E-state index is 0.0223. The number of furan rings is 1. The van der Waals surface area contributed by atoms with Crippen LogP contribution in [-0.2, 0) is 11.3 Å². The van der Waals surface area contributed by atoms with Gasteiger partial charge in [-0.2, -0.15) is 8.78 Å². The predicted octanol–water partition coefficient (Wildman–Crippen LogP) is 3.33. The van der Waals surface area contributed by atoms with Gasteiger partial charge in [0.15, 0.2) is 0 Å². The van der Waals surface area contributed by atoms with Crippen LogP contribution in [0.25, 0.3) is 0 Å². The third kappa shape index (κ3) is 5.99. The fourth-order valence-corrected chi connectivity index (χ4v) is 2.36. The number of aromatic nitrogens is 1. The molecule has 2 rings (SSSR count). The van der Waals surface area contributed by atoms with Crippen LogP contribution in [0.5, 0.6) is 0 Å². The average molecular weight is 342 g/mol. The minimum atomic E-state index is -2.62. The Kier molecular flexibility index (Phi) is 7.02. The Morgan fingerprint density at radius 1 is 1.39 bits per heavy atom. The number of rotatable bonds is 9. The quantitative estimate of drug-likeness (QED) is 0.559. The average Bonchev–Trinajstić information content (AvgIpc) is 3.04. The van der Waals surface area contributed by atoms with Crippen LogP contribution in [0.2, 0.25) is 0 Å². The van der Waals surface area contributed by atoms with Gasteiger partial charge >= 0.3 is 0 Å². The van der Waals surface area contributed by atoms with Crippen molar-refractivity contribution in [2.24, 2.45) is 0 Å². The first-order valence-electron chi connectivity index (χ1n) is 6.95. The van der Waals surface area contributed by atoms with Crippen LogP contribution in [0, 0.1) is 0 Å². The standard InChI is InChI=1S/C15H16F2N2O3S/c16-15(17)23-14-12(5-1-6-19-14)13(20)18-7-3-8-21-10-11-4-2-9-22-11/h1-2,4-6,9,15H,3,7-8,10H2,(H,18,20). The van der Waals surface area contributed by atoms with Gasteiger partial charge in [0.05, 0.1) is 11.8 Å². The van der Waals surface area contributed by atoms with E-state index in [9.17, 15) is 13.6 Å². The van der Waals surface area contributed by atoms with Gasteiger partial charge in [-0.25, -0.2) is 4.98 Å². The predicted molar refractivity (Wildman–Crippen MR) is 81.4 cm³/mol. The topological polar surface area (TPSA) is 64.4 Å². The molecule has 8 heteroatoms. The lowest BCUT2D eigenvalue weighted by Crippen LogP contribution is -2.26. The zero-order valence-electron chi connectivity index (χ0n) is 12.2. The van der Waals surface area contributed by atoms with Crippen LogP contribution in [-0.4, -0.2) is 29.8 Å². The minimum Gasteiger partial charge on any atom is -0.467 e. The molecule has 0 unspecified atom stereocenters. The molecule has 0 saturated heterocycles. The van der Waals surface area contributed by atoms with Crippen molar-refractivity contribution < 1.29 is 22.7 Å². The zero-order chi connectivity index (χ0) is 16.5. The molecule has 0 aliphatic rings. The molecule has 0 bridgehead atoms. The second-order valence-electron chi connectivity index (χ2n) is 4.48. The third-order valence-electron chi connectivity index (χ3n) is 2.79. The number of hydrogen-bond acceptors (Lipinski definition) is 5. The van der Waals surface area contributed by atoms with E-state index in [1.807, 2.05) is 6.07 Å². The molecule has 23 heavy (non-hydrogen) atoms. The number of nitrogens with one attached hydrogen (secondary N) is 1. The molecule has 2 aromatic heterocycles. The van der Waals surface area contributed by atoms with E-state index in [4.69, 9.17) is 9.15 Å². The highest BCUT2D eigenvalue weighted by Crippen LogP contribution is 2.26. The van der Waals surface area contributed by atoms with Gasteiger partial charge in [0.25, 0.3) is 11.7 Å². The van der Waals surface area contributed by atoms with Crippen LogP contribution >= 0.6 is 11.8 Å². The number of hydrogen-bond donors (Lipinski definition) is 1. The number of carbonyl (C=O) groups is 1. The monoisotopic (exact) mass is 342 g/mol. The molecule has 124 valence electrons. The van der Waals surface area contributed by atoms with Crippen molar-refractivity contribution >= 4 is 17.7 Å². The molecule has 0 fully saturated rings. The molecule has 1 N–H and O–H groups in total. The van der Waals surface area contributed by atoms with Gasteiger partial charge in [-0.15, -0.1) is 0 Å². The maximum Gasteiger partial charge on any atom is 0.290 e. The maximum atomic E-state index is 12.4. The number of halogens is 2. The summed E-state index contributed by atoms with van der Waals surface area (Å²) < 4.78 is 35.4. The Balaban J connectivity index is 1.70. The van der Waals surface area contributed by atoms with E-state index in [-0.39, 0.29) is 22.4 Å². The van der Waals surface area contributed by atoms with Crippen LogP contribution in [0.15, 0.2) is 46.2 Å². The van der Waals surface area contributed by atoms with Crippen LogP contribution in [0.3, 0.4) is 0 Å². The molecule has 0 aliphatic carbocycles. The maximum absolute atomic E-state index is 12.4. The second kappa shape index (κ2) is 9.26. The highest BCUT2D eigenvalue weighted by molar-refractivity contribution is 7.99. The molecule has 0 radical (unpaired) electrons. The van der Waals surface area contributed by atoms with Crippen molar-refractivity contribution in [3.63, 3.8) is 0 Å². The smallest absolute Gasteiger partial charge is 0.290 e. The lowest BCUT2D eigenvalue weighted by molar-refractivity contribution is 0.0914. The Hall–Kier alpha value is -1.93. The van der Waals surface area contributed by atoms with Crippen LogP contribution < -0.4 is 5.32 Å². The highest BCUT2D eigenvalue weighted by atomic mass is 32.2. The fraction of sp³-hybridized carbons (Fsp3) is 0.333. The molecule has 0 atom stereocenters. The van der Waals surface area contributed by atoms with E-state index in [0.29, 0.717) is 26.2 Å². The first-order chi connectivity index (χ1) is 11.2. The van der Waals surface area contributed by atoms with Crippen molar-refractivity contribution in [2.45, 2.75) is 23.8 Å². The van der Waals surface area contributed by atoms with Gasteiger partial charge in [0, 0.05) is 19.3 Å². The number of nitrogens with zero attached hydrogens (tertiary/aromatic N) is 1. The SMILES string of the molecule is O=C(NCCCOCc1ccco1)c1cccnc1SC(F)F. The molecule has 2 heterocycles. The molecule has 0 spiro atoms. The Morgan fingerprint density at radius 2 is 2.26 bits per heavy atom. The molecular formula is C15H16F2N2O3S. The van der Waals surface area contributed by atoms with Crippen molar-refractivity contribution in [3.8, 4) is 0 Å². The van der Waals surface area contributed by atoms with Gasteiger partial charge in [-0.3, -0.25) is 4.79 Å². The summed E-state index contributed by atoms with van der Waals surface area (Å²) in [4.78, 5) is 15.8. The first-order valence-corrected chi connectivity index (χ1v) is 7.83. The molecule has 0 aliphatic heterocycles. The Labute approximate surface area is 136 Å². The zero-order valence-corrected chi connectivity index (χ0v) is 13.0. The molecule has 0 saturated carbocycles. The summed E-state index contributed by atoms with van der Waals surface area (Å²) in [5, 5.41) is 2.69. The summed E-state index contributed by atoms with van der Waals surface area (Å²) in [6.07, 6.45) is 3.55.